The highest BCUT2D eigenvalue weighted by Crippen LogP contribution is 2.70. The molecule has 24 heavy (non-hydrogen) atoms. The van der Waals surface area contributed by atoms with E-state index >= 15 is 0 Å². The van der Waals surface area contributed by atoms with E-state index in [0.717, 1.165) is 0 Å². The van der Waals surface area contributed by atoms with Crippen molar-refractivity contribution in [2.45, 2.75) is 67.4 Å². The van der Waals surface area contributed by atoms with Crippen LogP contribution in [0.15, 0.2) is 0 Å². The van der Waals surface area contributed by atoms with Crippen molar-refractivity contribution in [3.63, 3.8) is 0 Å². The first-order valence-corrected chi connectivity index (χ1v) is 6.75. The lowest BCUT2D eigenvalue weighted by Crippen LogP contribution is -2.83. The molecule has 144 valence electrons. The van der Waals surface area contributed by atoms with Crippen LogP contribution in [0, 0.1) is 0 Å². The highest BCUT2D eigenvalue weighted by Gasteiger charge is 3.00. The molecule has 0 spiro atoms. The Bertz CT molecular complexity index is 430. The minimum Gasteiger partial charge on any atom is -0.396 e. The number of unbranched alkanes of at least 4 members (excludes halogenated alkanes) is 3. The van der Waals surface area contributed by atoms with E-state index in [1.165, 1.54) is 0 Å². The Morgan fingerprint density at radius 3 is 1.17 bits per heavy atom. The molecule has 0 saturated heterocycles. The van der Waals surface area contributed by atoms with Crippen LogP contribution >= 0.6 is 0 Å². The Morgan fingerprint density at radius 1 is 0.458 bits per heavy atom. The molecule has 0 unspecified atom stereocenters. The molecule has 0 aromatic carbocycles. The molecular formula is C12H13F11O. The van der Waals surface area contributed by atoms with Crippen LogP contribution < -0.4 is 0 Å². The van der Waals surface area contributed by atoms with E-state index in [9.17, 15) is 48.3 Å². The predicted octanol–water partition coefficient (Wildman–Crippen LogP) is 4.83. The zero-order valence-electron chi connectivity index (χ0n) is 11.8. The topological polar surface area (TPSA) is 20.2 Å². The van der Waals surface area contributed by atoms with Gasteiger partial charge in [0, 0.05) is 6.61 Å². The number of aliphatic hydroxyl groups is 1. The molecule has 1 saturated carbocycles. The van der Waals surface area contributed by atoms with Crippen molar-refractivity contribution in [2.24, 2.45) is 0 Å². The van der Waals surface area contributed by atoms with Crippen LogP contribution in [0.1, 0.15) is 32.1 Å². The van der Waals surface area contributed by atoms with Crippen LogP contribution in [0.3, 0.4) is 0 Å². The van der Waals surface area contributed by atoms with Gasteiger partial charge in [-0.1, -0.05) is 12.8 Å². The molecule has 1 fully saturated rings. The summed E-state index contributed by atoms with van der Waals surface area (Å²) >= 11 is 0. The number of halogens is 11. The molecule has 1 aliphatic rings. The molecule has 0 aromatic heterocycles. The Morgan fingerprint density at radius 2 is 0.792 bits per heavy atom. The number of hydrogen-bond acceptors (Lipinski definition) is 1. The summed E-state index contributed by atoms with van der Waals surface area (Å²) in [5.74, 6) is -34.7. The highest BCUT2D eigenvalue weighted by molar-refractivity contribution is 5.26. The van der Waals surface area contributed by atoms with E-state index in [-0.39, 0.29) is 19.3 Å². The minimum atomic E-state index is -7.15. The molecule has 0 radical (unpaired) electrons. The van der Waals surface area contributed by atoms with Crippen molar-refractivity contribution >= 4 is 0 Å². The molecule has 0 atom stereocenters. The van der Waals surface area contributed by atoms with Crippen molar-refractivity contribution in [2.75, 3.05) is 6.61 Å². The van der Waals surface area contributed by atoms with Gasteiger partial charge in [-0.3, -0.25) is 0 Å². The molecule has 0 bridgehead atoms. The SMILES string of the molecule is OCCCCCCC1(F)C(F)(F)C(F)(F)C(F)(F)C(F)(F)C1(F)F. The van der Waals surface area contributed by atoms with E-state index in [1.54, 1.807) is 0 Å². The first-order valence-electron chi connectivity index (χ1n) is 6.75. The second-order valence-corrected chi connectivity index (χ2v) is 5.56. The maximum Gasteiger partial charge on any atom is 0.384 e. The highest BCUT2D eigenvalue weighted by atomic mass is 19.4. The second-order valence-electron chi connectivity index (χ2n) is 5.56. The molecule has 1 nitrogen and oxygen atoms in total. The minimum absolute atomic E-state index is 0.0212. The summed E-state index contributed by atoms with van der Waals surface area (Å²) in [5, 5.41) is 8.43. The fourth-order valence-electron chi connectivity index (χ4n) is 2.43. The number of aliphatic hydroxyl groups excluding tert-OH is 1. The molecular weight excluding hydrogens is 369 g/mol. The van der Waals surface area contributed by atoms with Gasteiger partial charge in [0.1, 0.15) is 0 Å². The van der Waals surface area contributed by atoms with Crippen molar-refractivity contribution in [3.8, 4) is 0 Å². The van der Waals surface area contributed by atoms with E-state index in [4.69, 9.17) is 5.11 Å². The molecule has 1 rings (SSSR count). The summed E-state index contributed by atoms with van der Waals surface area (Å²) in [6.45, 7) is -0.393. The van der Waals surface area contributed by atoms with Crippen LogP contribution in [0.5, 0.6) is 0 Å². The van der Waals surface area contributed by atoms with Crippen LogP contribution in [-0.2, 0) is 0 Å². The third-order valence-electron chi connectivity index (χ3n) is 4.00. The summed E-state index contributed by atoms with van der Waals surface area (Å²) in [5.41, 5.74) is -5.87. The van der Waals surface area contributed by atoms with Crippen LogP contribution in [0.25, 0.3) is 0 Å². The smallest absolute Gasteiger partial charge is 0.384 e. The number of hydrogen-bond donors (Lipinski definition) is 1. The van der Waals surface area contributed by atoms with Crippen molar-refractivity contribution in [1.82, 2.24) is 0 Å². The number of rotatable bonds is 6. The molecule has 0 aliphatic heterocycles. The average molecular weight is 382 g/mol. The first kappa shape index (κ1) is 21.2. The van der Waals surface area contributed by atoms with Gasteiger partial charge in [0.05, 0.1) is 0 Å². The van der Waals surface area contributed by atoms with Crippen molar-refractivity contribution in [1.29, 1.82) is 0 Å². The molecule has 0 amide bonds. The largest absolute Gasteiger partial charge is 0.396 e. The lowest BCUT2D eigenvalue weighted by Gasteiger charge is -2.52. The summed E-state index contributed by atoms with van der Waals surface area (Å²) in [7, 11) is 0. The van der Waals surface area contributed by atoms with E-state index in [0.29, 0.717) is 0 Å². The lowest BCUT2D eigenvalue weighted by molar-refractivity contribution is -0.485. The zero-order chi connectivity index (χ0) is 19.2. The van der Waals surface area contributed by atoms with Gasteiger partial charge in [0.25, 0.3) is 0 Å². The van der Waals surface area contributed by atoms with Crippen molar-refractivity contribution in [3.05, 3.63) is 0 Å². The standard InChI is InChI=1S/C12H13F11O/c13-7(5-3-1-2-4-6-24)8(14,15)10(18,19)12(22,23)11(20,21)9(7,16)17/h24H,1-6H2. The number of alkyl halides is 11. The van der Waals surface area contributed by atoms with Crippen molar-refractivity contribution < 1.29 is 53.4 Å². The monoisotopic (exact) mass is 382 g/mol. The van der Waals surface area contributed by atoms with Gasteiger partial charge < -0.3 is 5.11 Å². The van der Waals surface area contributed by atoms with Gasteiger partial charge in [0.15, 0.2) is 0 Å². The quantitative estimate of drug-likeness (QED) is 0.516. The lowest BCUT2D eigenvalue weighted by atomic mass is 9.70. The zero-order valence-corrected chi connectivity index (χ0v) is 11.8. The van der Waals surface area contributed by atoms with Crippen LogP contribution in [-0.4, -0.2) is 47.0 Å². The average Bonchev–Trinajstić information content (AvgIpc) is 2.44. The summed E-state index contributed by atoms with van der Waals surface area (Å²) < 4.78 is 146. The molecule has 1 aliphatic carbocycles. The Hall–Kier alpha value is -0.810. The summed E-state index contributed by atoms with van der Waals surface area (Å²) in [6, 6.07) is 0. The summed E-state index contributed by atoms with van der Waals surface area (Å²) in [6.07, 6.45) is -3.48. The summed E-state index contributed by atoms with van der Waals surface area (Å²) in [4.78, 5) is 0. The van der Waals surface area contributed by atoms with Gasteiger partial charge in [-0.15, -0.1) is 0 Å². The van der Waals surface area contributed by atoms with E-state index < -0.39 is 54.7 Å². The van der Waals surface area contributed by atoms with Crippen LogP contribution in [0.4, 0.5) is 48.3 Å². The maximum atomic E-state index is 14.1. The molecule has 0 aromatic rings. The molecule has 1 N–H and O–H groups in total. The van der Waals surface area contributed by atoms with E-state index in [1.807, 2.05) is 0 Å². The normalized spacial score (nSPS) is 28.5. The maximum absolute atomic E-state index is 14.1. The Balaban J connectivity index is 3.31. The first-order chi connectivity index (χ1) is 10.6. The van der Waals surface area contributed by atoms with Gasteiger partial charge in [-0.2, -0.15) is 43.9 Å². The van der Waals surface area contributed by atoms with Gasteiger partial charge >= 0.3 is 29.6 Å². The van der Waals surface area contributed by atoms with Gasteiger partial charge in [-0.25, -0.2) is 4.39 Å². The van der Waals surface area contributed by atoms with E-state index in [2.05, 4.69) is 0 Å². The fourth-order valence-corrected chi connectivity index (χ4v) is 2.43. The van der Waals surface area contributed by atoms with Gasteiger partial charge in [0.2, 0.25) is 5.67 Å². The Kier molecular flexibility index (Phi) is 5.20. The van der Waals surface area contributed by atoms with Gasteiger partial charge in [-0.05, 0) is 19.3 Å². The van der Waals surface area contributed by atoms with Crippen LogP contribution in [0.2, 0.25) is 0 Å². The Labute approximate surface area is 128 Å². The third kappa shape index (κ3) is 2.31. The molecule has 12 heteroatoms. The second kappa shape index (κ2) is 5.87. The third-order valence-corrected chi connectivity index (χ3v) is 4.00. The predicted molar refractivity (Wildman–Crippen MR) is 58.7 cm³/mol. The molecule has 0 heterocycles. The fraction of sp³-hybridized carbons (Fsp3) is 1.00.